The lowest BCUT2D eigenvalue weighted by Gasteiger charge is -2.36. The number of hydrogen-bond donors (Lipinski definition) is 1. The molecule has 0 spiro atoms. The van der Waals surface area contributed by atoms with Gasteiger partial charge in [-0.2, -0.15) is 0 Å². The molecule has 1 amide bonds. The number of rotatable bonds is 4. The summed E-state index contributed by atoms with van der Waals surface area (Å²) in [6.45, 7) is 6.87. The van der Waals surface area contributed by atoms with Crippen molar-refractivity contribution in [1.82, 2.24) is 15.1 Å². The summed E-state index contributed by atoms with van der Waals surface area (Å²) < 4.78 is 31.9. The minimum Gasteiger partial charge on any atom is -0.450 e. The van der Waals surface area contributed by atoms with E-state index in [9.17, 15) is 13.6 Å². The van der Waals surface area contributed by atoms with E-state index in [1.807, 2.05) is 11.8 Å². The van der Waals surface area contributed by atoms with Gasteiger partial charge in [0.2, 0.25) is 0 Å². The van der Waals surface area contributed by atoms with E-state index in [0.29, 0.717) is 50.9 Å². The average Bonchev–Trinajstić information content (AvgIpc) is 2.62. The molecule has 26 heavy (non-hydrogen) atoms. The van der Waals surface area contributed by atoms with Crippen molar-refractivity contribution >= 4 is 12.1 Å². The summed E-state index contributed by atoms with van der Waals surface area (Å²) in [7, 11) is 1.68. The van der Waals surface area contributed by atoms with Gasteiger partial charge in [-0.15, -0.1) is 0 Å². The number of nitrogens with zero attached hydrogens (tertiary/aromatic N) is 3. The monoisotopic (exact) mass is 368 g/mol. The van der Waals surface area contributed by atoms with Crippen molar-refractivity contribution in [2.75, 3.05) is 46.4 Å². The third-order valence-electron chi connectivity index (χ3n) is 4.38. The largest absolute Gasteiger partial charge is 0.450 e. The molecule has 1 N–H and O–H groups in total. The summed E-state index contributed by atoms with van der Waals surface area (Å²) in [4.78, 5) is 19.7. The maximum Gasteiger partial charge on any atom is 0.409 e. The second kappa shape index (κ2) is 9.35. The van der Waals surface area contributed by atoms with Crippen LogP contribution >= 0.6 is 0 Å². The first-order valence-corrected chi connectivity index (χ1v) is 8.78. The van der Waals surface area contributed by atoms with E-state index in [2.05, 4.69) is 10.3 Å². The third-order valence-corrected chi connectivity index (χ3v) is 4.38. The predicted molar refractivity (Wildman–Crippen MR) is 96.3 cm³/mol. The lowest BCUT2D eigenvalue weighted by molar-refractivity contribution is 0.0914. The standard InChI is InChI=1S/C18H26F2N4O2/c1-4-26-18(25)24-9-7-23(8-10-24)17(21-3)22-12-13(2)15-6-5-14(19)11-16(15)20/h5-6,11,13H,4,7-10,12H2,1-3H3,(H,21,22). The molecule has 1 saturated heterocycles. The molecule has 1 aliphatic heterocycles. The van der Waals surface area contributed by atoms with Crippen LogP contribution in [0.15, 0.2) is 23.2 Å². The van der Waals surface area contributed by atoms with E-state index < -0.39 is 11.6 Å². The molecule has 1 aromatic carbocycles. The first kappa shape index (κ1) is 19.9. The summed E-state index contributed by atoms with van der Waals surface area (Å²) in [6.07, 6.45) is -0.296. The molecule has 1 aromatic rings. The van der Waals surface area contributed by atoms with Crippen LogP contribution in [0.3, 0.4) is 0 Å². The zero-order valence-electron chi connectivity index (χ0n) is 15.5. The van der Waals surface area contributed by atoms with E-state index in [0.717, 1.165) is 6.07 Å². The number of amides is 1. The minimum absolute atomic E-state index is 0.145. The maximum absolute atomic E-state index is 13.9. The highest BCUT2D eigenvalue weighted by atomic mass is 19.1. The van der Waals surface area contributed by atoms with Crippen LogP contribution in [0.25, 0.3) is 0 Å². The van der Waals surface area contributed by atoms with Gasteiger partial charge in [-0.05, 0) is 18.6 Å². The molecule has 1 unspecified atom stereocenters. The second-order valence-corrected chi connectivity index (χ2v) is 6.17. The van der Waals surface area contributed by atoms with Crippen LogP contribution in [-0.4, -0.2) is 68.2 Å². The highest BCUT2D eigenvalue weighted by molar-refractivity contribution is 5.80. The van der Waals surface area contributed by atoms with Crippen LogP contribution in [-0.2, 0) is 4.74 Å². The molecule has 2 rings (SSSR count). The average molecular weight is 368 g/mol. The third kappa shape index (κ3) is 5.06. The lowest BCUT2D eigenvalue weighted by atomic mass is 10.0. The van der Waals surface area contributed by atoms with E-state index in [1.54, 1.807) is 18.9 Å². The van der Waals surface area contributed by atoms with Gasteiger partial charge in [-0.1, -0.05) is 13.0 Å². The minimum atomic E-state index is -0.582. The summed E-state index contributed by atoms with van der Waals surface area (Å²) >= 11 is 0. The Labute approximate surface area is 152 Å². The molecule has 0 aliphatic carbocycles. The Morgan fingerprint density at radius 3 is 2.50 bits per heavy atom. The Bertz CT molecular complexity index is 646. The number of carbonyl (C=O) groups is 1. The molecule has 0 aromatic heterocycles. The number of piperazine rings is 1. The van der Waals surface area contributed by atoms with Gasteiger partial charge >= 0.3 is 6.09 Å². The summed E-state index contributed by atoms with van der Waals surface area (Å²) in [6, 6.07) is 3.63. The first-order valence-electron chi connectivity index (χ1n) is 8.78. The summed E-state index contributed by atoms with van der Waals surface area (Å²) in [5, 5.41) is 3.23. The van der Waals surface area contributed by atoms with Gasteiger partial charge in [0.05, 0.1) is 6.61 Å². The Hall–Kier alpha value is -2.38. The second-order valence-electron chi connectivity index (χ2n) is 6.17. The van der Waals surface area contributed by atoms with Crippen LogP contribution in [0, 0.1) is 11.6 Å². The topological polar surface area (TPSA) is 57.2 Å². The number of aliphatic imine (C=N–C) groups is 1. The molecular formula is C18H26F2N4O2. The molecule has 8 heteroatoms. The van der Waals surface area contributed by atoms with Crippen molar-refractivity contribution < 1.29 is 18.3 Å². The smallest absolute Gasteiger partial charge is 0.409 e. The number of benzene rings is 1. The van der Waals surface area contributed by atoms with Gasteiger partial charge in [0.25, 0.3) is 0 Å². The van der Waals surface area contributed by atoms with Crippen molar-refractivity contribution in [3.63, 3.8) is 0 Å². The van der Waals surface area contributed by atoms with Gasteiger partial charge in [0, 0.05) is 51.8 Å². The quantitative estimate of drug-likeness (QED) is 0.655. The van der Waals surface area contributed by atoms with Crippen molar-refractivity contribution in [3.8, 4) is 0 Å². The molecule has 1 atom stereocenters. The summed E-state index contributed by atoms with van der Waals surface area (Å²) in [5.41, 5.74) is 0.460. The molecule has 144 valence electrons. The number of ether oxygens (including phenoxy) is 1. The Balaban J connectivity index is 1.87. The molecule has 6 nitrogen and oxygen atoms in total. The zero-order chi connectivity index (χ0) is 19.1. The fourth-order valence-electron chi connectivity index (χ4n) is 2.90. The molecule has 1 fully saturated rings. The van der Waals surface area contributed by atoms with E-state index in [-0.39, 0.29) is 12.0 Å². The molecule has 0 radical (unpaired) electrons. The molecular weight excluding hydrogens is 342 g/mol. The van der Waals surface area contributed by atoms with Crippen molar-refractivity contribution in [1.29, 1.82) is 0 Å². The van der Waals surface area contributed by atoms with E-state index >= 15 is 0 Å². The van der Waals surface area contributed by atoms with Gasteiger partial charge in [-0.25, -0.2) is 13.6 Å². The number of guanidine groups is 1. The molecule has 0 bridgehead atoms. The van der Waals surface area contributed by atoms with Gasteiger partial charge in [0.15, 0.2) is 5.96 Å². The van der Waals surface area contributed by atoms with Crippen LogP contribution < -0.4 is 5.32 Å². The van der Waals surface area contributed by atoms with Crippen LogP contribution in [0.4, 0.5) is 13.6 Å². The van der Waals surface area contributed by atoms with Crippen LogP contribution in [0.2, 0.25) is 0 Å². The SMILES string of the molecule is CCOC(=O)N1CCN(C(=NC)NCC(C)c2ccc(F)cc2F)CC1. The van der Waals surface area contributed by atoms with E-state index in [4.69, 9.17) is 4.74 Å². The maximum atomic E-state index is 13.9. The number of halogens is 2. The van der Waals surface area contributed by atoms with Gasteiger partial charge in [-0.3, -0.25) is 4.99 Å². The van der Waals surface area contributed by atoms with Crippen LogP contribution in [0.1, 0.15) is 25.3 Å². The zero-order valence-corrected chi connectivity index (χ0v) is 15.5. The Morgan fingerprint density at radius 2 is 1.92 bits per heavy atom. The predicted octanol–water partition coefficient (Wildman–Crippen LogP) is 2.42. The van der Waals surface area contributed by atoms with Gasteiger partial charge in [0.1, 0.15) is 11.6 Å². The Kier molecular flexibility index (Phi) is 7.17. The molecule has 1 aliphatic rings. The molecule has 1 heterocycles. The first-order chi connectivity index (χ1) is 12.5. The Morgan fingerprint density at radius 1 is 1.27 bits per heavy atom. The molecule has 0 saturated carbocycles. The highest BCUT2D eigenvalue weighted by Crippen LogP contribution is 2.19. The van der Waals surface area contributed by atoms with Crippen molar-refractivity contribution in [2.45, 2.75) is 19.8 Å². The lowest BCUT2D eigenvalue weighted by Crippen LogP contribution is -2.54. The fourth-order valence-corrected chi connectivity index (χ4v) is 2.90. The number of nitrogens with one attached hydrogen (secondary N) is 1. The normalized spacial score (nSPS) is 16.4. The number of carbonyl (C=O) groups excluding carboxylic acids is 1. The van der Waals surface area contributed by atoms with Crippen molar-refractivity contribution in [2.24, 2.45) is 4.99 Å². The van der Waals surface area contributed by atoms with Crippen molar-refractivity contribution in [3.05, 3.63) is 35.4 Å². The summed E-state index contributed by atoms with van der Waals surface area (Å²) in [5.74, 6) is -0.574. The highest BCUT2D eigenvalue weighted by Gasteiger charge is 2.24. The fraction of sp³-hybridized carbons (Fsp3) is 0.556. The van der Waals surface area contributed by atoms with Gasteiger partial charge < -0.3 is 19.9 Å². The van der Waals surface area contributed by atoms with Crippen LogP contribution in [0.5, 0.6) is 0 Å². The number of hydrogen-bond acceptors (Lipinski definition) is 3. The van der Waals surface area contributed by atoms with E-state index in [1.165, 1.54) is 12.1 Å².